The molecule has 2 nitrogen and oxygen atoms in total. The minimum atomic E-state index is 0.991. The van der Waals surface area contributed by atoms with E-state index in [4.69, 9.17) is 9.98 Å². The molecule has 0 saturated heterocycles. The number of nitrogens with zero attached hydrogens (tertiary/aromatic N) is 2. The maximum absolute atomic E-state index is 5.22. The Morgan fingerprint density at radius 3 is 1.40 bits per heavy atom. The van der Waals surface area contributed by atoms with E-state index in [0.717, 1.165) is 23.5 Å². The average molecular weight is 573 g/mol. The maximum atomic E-state index is 5.22. The Bertz CT molecular complexity index is 1030. The van der Waals surface area contributed by atoms with Crippen LogP contribution in [0, 0.1) is 0 Å². The molecule has 0 aromatic heterocycles. The number of aliphatic imine (C=N–C) groups is 2. The molecule has 2 heteroatoms. The zero-order valence-electron chi connectivity index (χ0n) is 28.3. The lowest BCUT2D eigenvalue weighted by atomic mass is 9.96. The van der Waals surface area contributed by atoms with E-state index >= 15 is 0 Å². The third-order valence-electron chi connectivity index (χ3n) is 8.50. The first-order chi connectivity index (χ1) is 20.6. The summed E-state index contributed by atoms with van der Waals surface area (Å²) in [5, 5.41) is 0. The standard InChI is InChI=1S/C40H64N2/c1-6-11-16-21-26-40(42-39-30-28-35(23-18-13-8-3)37(32-39)25-20-15-10-5)33-41-38-29-27-34(22-17-12-7-2)36(31-38)24-19-14-9-4/h27-33H,6-26H2,1-5H3. The van der Waals surface area contributed by atoms with Gasteiger partial charge < -0.3 is 0 Å². The molecule has 0 fully saturated rings. The molecular formula is C40H64N2. The van der Waals surface area contributed by atoms with Gasteiger partial charge in [-0.05, 0) is 111 Å². The van der Waals surface area contributed by atoms with Gasteiger partial charge in [0.2, 0.25) is 0 Å². The van der Waals surface area contributed by atoms with Crippen LogP contribution < -0.4 is 0 Å². The van der Waals surface area contributed by atoms with Gasteiger partial charge in [0, 0.05) is 6.21 Å². The fraction of sp³-hybridized carbons (Fsp3) is 0.650. The van der Waals surface area contributed by atoms with E-state index in [2.05, 4.69) is 77.2 Å². The predicted molar refractivity (Wildman–Crippen MR) is 190 cm³/mol. The van der Waals surface area contributed by atoms with Crippen molar-refractivity contribution in [3.8, 4) is 0 Å². The van der Waals surface area contributed by atoms with Gasteiger partial charge in [0.25, 0.3) is 0 Å². The molecular weight excluding hydrogens is 508 g/mol. The summed E-state index contributed by atoms with van der Waals surface area (Å²) in [5.41, 5.74) is 9.37. The molecule has 234 valence electrons. The molecule has 0 saturated carbocycles. The van der Waals surface area contributed by atoms with Crippen molar-refractivity contribution in [2.24, 2.45) is 9.98 Å². The van der Waals surface area contributed by atoms with Crippen molar-refractivity contribution in [1.29, 1.82) is 0 Å². The highest BCUT2D eigenvalue weighted by Crippen LogP contribution is 2.25. The minimum Gasteiger partial charge on any atom is -0.255 e. The van der Waals surface area contributed by atoms with Crippen LogP contribution in [0.4, 0.5) is 11.4 Å². The molecule has 2 rings (SSSR count). The molecule has 0 N–H and O–H groups in total. The van der Waals surface area contributed by atoms with Crippen LogP contribution in [-0.4, -0.2) is 11.9 Å². The van der Waals surface area contributed by atoms with Crippen molar-refractivity contribution >= 4 is 23.3 Å². The molecule has 2 aromatic carbocycles. The van der Waals surface area contributed by atoms with Crippen molar-refractivity contribution in [3.63, 3.8) is 0 Å². The zero-order valence-corrected chi connectivity index (χ0v) is 28.3. The monoisotopic (exact) mass is 573 g/mol. The van der Waals surface area contributed by atoms with E-state index < -0.39 is 0 Å². The second-order valence-electron chi connectivity index (χ2n) is 12.4. The highest BCUT2D eigenvalue weighted by atomic mass is 14.8. The van der Waals surface area contributed by atoms with E-state index in [1.54, 1.807) is 0 Å². The summed E-state index contributed by atoms with van der Waals surface area (Å²) in [6.45, 7) is 11.4. The van der Waals surface area contributed by atoms with E-state index in [0.29, 0.717) is 0 Å². The first-order valence-electron chi connectivity index (χ1n) is 18.0. The van der Waals surface area contributed by atoms with E-state index in [1.165, 1.54) is 151 Å². The number of hydrogen-bond acceptors (Lipinski definition) is 2. The van der Waals surface area contributed by atoms with E-state index in [9.17, 15) is 0 Å². The molecule has 0 aliphatic rings. The summed E-state index contributed by atoms with van der Waals surface area (Å²) in [4.78, 5) is 10.2. The van der Waals surface area contributed by atoms with Gasteiger partial charge in [0.15, 0.2) is 0 Å². The van der Waals surface area contributed by atoms with Crippen LogP contribution in [0.2, 0.25) is 0 Å². The minimum absolute atomic E-state index is 0.991. The molecule has 0 atom stereocenters. The third-order valence-corrected chi connectivity index (χ3v) is 8.50. The van der Waals surface area contributed by atoms with Gasteiger partial charge in [-0.3, -0.25) is 9.98 Å². The van der Waals surface area contributed by atoms with Crippen LogP contribution in [0.1, 0.15) is 166 Å². The van der Waals surface area contributed by atoms with Gasteiger partial charge >= 0.3 is 0 Å². The average Bonchev–Trinajstić information content (AvgIpc) is 3.00. The van der Waals surface area contributed by atoms with Crippen LogP contribution >= 0.6 is 0 Å². The molecule has 0 unspecified atom stereocenters. The highest BCUT2D eigenvalue weighted by molar-refractivity contribution is 6.31. The summed E-state index contributed by atoms with van der Waals surface area (Å²) in [7, 11) is 0. The Labute approximate surface area is 260 Å². The second-order valence-corrected chi connectivity index (χ2v) is 12.4. The predicted octanol–water partition coefficient (Wildman–Crippen LogP) is 13.1. The number of hydrogen-bond donors (Lipinski definition) is 0. The van der Waals surface area contributed by atoms with Gasteiger partial charge in [0.1, 0.15) is 0 Å². The fourth-order valence-corrected chi connectivity index (χ4v) is 5.79. The molecule has 0 amide bonds. The molecule has 0 spiro atoms. The number of aryl methyl sites for hydroxylation is 4. The Morgan fingerprint density at radius 2 is 0.905 bits per heavy atom. The van der Waals surface area contributed by atoms with Gasteiger partial charge in [-0.25, -0.2) is 0 Å². The van der Waals surface area contributed by atoms with E-state index in [-0.39, 0.29) is 0 Å². The van der Waals surface area contributed by atoms with E-state index in [1.807, 2.05) is 0 Å². The molecule has 0 bridgehead atoms. The second kappa shape index (κ2) is 23.3. The molecule has 0 aliphatic carbocycles. The van der Waals surface area contributed by atoms with Crippen LogP contribution in [-0.2, 0) is 25.7 Å². The molecule has 0 aliphatic heterocycles. The summed E-state index contributed by atoms with van der Waals surface area (Å²) in [5.74, 6) is 0. The Kier molecular flexibility index (Phi) is 19.9. The van der Waals surface area contributed by atoms with Gasteiger partial charge in [-0.15, -0.1) is 0 Å². The van der Waals surface area contributed by atoms with Gasteiger partial charge in [-0.2, -0.15) is 0 Å². The van der Waals surface area contributed by atoms with Gasteiger partial charge in [-0.1, -0.05) is 117 Å². The molecule has 0 radical (unpaired) electrons. The highest BCUT2D eigenvalue weighted by Gasteiger charge is 2.08. The normalized spacial score (nSPS) is 12.1. The number of benzene rings is 2. The van der Waals surface area contributed by atoms with Crippen molar-refractivity contribution in [1.82, 2.24) is 0 Å². The lowest BCUT2D eigenvalue weighted by Gasteiger charge is -2.12. The van der Waals surface area contributed by atoms with Crippen molar-refractivity contribution in [2.75, 3.05) is 0 Å². The lowest BCUT2D eigenvalue weighted by Crippen LogP contribution is -2.01. The van der Waals surface area contributed by atoms with Crippen molar-refractivity contribution in [3.05, 3.63) is 58.7 Å². The molecule has 42 heavy (non-hydrogen) atoms. The summed E-state index contributed by atoms with van der Waals surface area (Å²) < 4.78 is 0. The van der Waals surface area contributed by atoms with Crippen LogP contribution in [0.25, 0.3) is 0 Å². The lowest BCUT2D eigenvalue weighted by molar-refractivity contribution is 0.684. The molecule has 2 aromatic rings. The Balaban J connectivity index is 2.32. The largest absolute Gasteiger partial charge is 0.255 e. The van der Waals surface area contributed by atoms with Crippen molar-refractivity contribution < 1.29 is 0 Å². The molecule has 0 heterocycles. The van der Waals surface area contributed by atoms with Crippen LogP contribution in [0.5, 0.6) is 0 Å². The van der Waals surface area contributed by atoms with Gasteiger partial charge in [0.05, 0.1) is 17.1 Å². The van der Waals surface area contributed by atoms with Crippen LogP contribution in [0.3, 0.4) is 0 Å². The first kappa shape index (κ1) is 36.0. The zero-order chi connectivity index (χ0) is 30.3. The SMILES string of the molecule is CCCCCCC(C=Nc1ccc(CCCCC)c(CCCCC)c1)=Nc1ccc(CCCCC)c(CCCCC)c1. The fourth-order valence-electron chi connectivity index (χ4n) is 5.79. The number of unbranched alkanes of at least 4 members (excludes halogenated alkanes) is 11. The Morgan fingerprint density at radius 1 is 0.476 bits per heavy atom. The topological polar surface area (TPSA) is 24.7 Å². The quantitative estimate of drug-likeness (QED) is 0.0882. The van der Waals surface area contributed by atoms with Crippen molar-refractivity contribution in [2.45, 2.75) is 169 Å². The number of rotatable bonds is 24. The summed E-state index contributed by atoms with van der Waals surface area (Å²) in [6, 6.07) is 13.9. The Hall–Kier alpha value is -2.22. The van der Waals surface area contributed by atoms with Crippen LogP contribution in [0.15, 0.2) is 46.4 Å². The first-order valence-corrected chi connectivity index (χ1v) is 18.0. The smallest absolute Gasteiger partial charge is 0.0636 e. The maximum Gasteiger partial charge on any atom is 0.0636 e. The summed E-state index contributed by atoms with van der Waals surface area (Å²) >= 11 is 0. The summed E-state index contributed by atoms with van der Waals surface area (Å²) in [6.07, 6.45) is 28.2. The third kappa shape index (κ3) is 14.8.